The van der Waals surface area contributed by atoms with Crippen molar-refractivity contribution in [3.63, 3.8) is 0 Å². The molecular formula is C19H28N3OS+. The SMILES string of the molecule is CCC(CC)NC(=O)C[NH+]1CCCC[C@@H]1c1nc2ccccc2s1. The Labute approximate surface area is 148 Å². The predicted octanol–water partition coefficient (Wildman–Crippen LogP) is 2.71. The van der Waals surface area contributed by atoms with Crippen LogP contribution in [0, 0.1) is 0 Å². The number of quaternary nitrogens is 1. The van der Waals surface area contributed by atoms with Crippen molar-refractivity contribution in [2.45, 2.75) is 58.0 Å². The first-order chi connectivity index (χ1) is 11.7. The lowest BCUT2D eigenvalue weighted by Crippen LogP contribution is -3.14. The number of nitrogens with one attached hydrogen (secondary N) is 2. The summed E-state index contributed by atoms with van der Waals surface area (Å²) in [5.41, 5.74) is 1.09. The lowest BCUT2D eigenvalue weighted by Gasteiger charge is -2.31. The van der Waals surface area contributed by atoms with Gasteiger partial charge >= 0.3 is 0 Å². The number of amides is 1. The topological polar surface area (TPSA) is 46.4 Å². The van der Waals surface area contributed by atoms with E-state index < -0.39 is 0 Å². The van der Waals surface area contributed by atoms with Crippen LogP contribution in [0.2, 0.25) is 0 Å². The first-order valence-corrected chi connectivity index (χ1v) is 10.0. The van der Waals surface area contributed by atoms with Gasteiger partial charge in [-0.05, 0) is 37.8 Å². The highest BCUT2D eigenvalue weighted by Gasteiger charge is 2.32. The highest BCUT2D eigenvalue weighted by Crippen LogP contribution is 2.28. The number of hydrogen-bond acceptors (Lipinski definition) is 3. The van der Waals surface area contributed by atoms with Gasteiger partial charge in [0.15, 0.2) is 11.6 Å². The molecule has 0 aliphatic carbocycles. The number of piperidine rings is 1. The second kappa shape index (κ2) is 8.08. The molecule has 2 N–H and O–H groups in total. The Bertz CT molecular complexity index is 647. The van der Waals surface area contributed by atoms with Gasteiger partial charge in [-0.1, -0.05) is 26.0 Å². The first-order valence-electron chi connectivity index (χ1n) is 9.20. The van der Waals surface area contributed by atoms with E-state index >= 15 is 0 Å². The molecule has 1 fully saturated rings. The van der Waals surface area contributed by atoms with E-state index in [2.05, 4.69) is 37.4 Å². The van der Waals surface area contributed by atoms with Crippen molar-refractivity contribution >= 4 is 27.5 Å². The van der Waals surface area contributed by atoms with Crippen molar-refractivity contribution in [2.75, 3.05) is 13.1 Å². The van der Waals surface area contributed by atoms with Crippen LogP contribution in [0.25, 0.3) is 10.2 Å². The summed E-state index contributed by atoms with van der Waals surface area (Å²) in [7, 11) is 0. The summed E-state index contributed by atoms with van der Waals surface area (Å²) in [6.45, 7) is 5.90. The van der Waals surface area contributed by atoms with Gasteiger partial charge in [-0.3, -0.25) is 4.79 Å². The molecule has 3 rings (SSSR count). The second-order valence-corrected chi connectivity index (χ2v) is 7.80. The van der Waals surface area contributed by atoms with Gasteiger partial charge in [0.1, 0.15) is 6.04 Å². The highest BCUT2D eigenvalue weighted by atomic mass is 32.1. The largest absolute Gasteiger partial charge is 0.349 e. The molecule has 2 heterocycles. The van der Waals surface area contributed by atoms with Crippen LogP contribution in [0.5, 0.6) is 0 Å². The summed E-state index contributed by atoms with van der Waals surface area (Å²) in [6.07, 6.45) is 5.57. The molecule has 24 heavy (non-hydrogen) atoms. The van der Waals surface area contributed by atoms with E-state index in [9.17, 15) is 4.79 Å². The van der Waals surface area contributed by atoms with E-state index in [1.165, 1.54) is 27.4 Å². The zero-order valence-corrected chi connectivity index (χ0v) is 15.5. The molecule has 1 aliphatic rings. The number of aromatic nitrogens is 1. The van der Waals surface area contributed by atoms with Crippen molar-refractivity contribution in [3.8, 4) is 0 Å². The quantitative estimate of drug-likeness (QED) is 0.845. The molecule has 0 radical (unpaired) electrons. The van der Waals surface area contributed by atoms with Crippen LogP contribution in [0.15, 0.2) is 24.3 Å². The van der Waals surface area contributed by atoms with Crippen molar-refractivity contribution in [1.82, 2.24) is 10.3 Å². The maximum absolute atomic E-state index is 12.4. The second-order valence-electron chi connectivity index (χ2n) is 6.73. The fourth-order valence-corrected chi connectivity index (χ4v) is 4.77. The molecule has 2 atom stereocenters. The summed E-state index contributed by atoms with van der Waals surface area (Å²) in [4.78, 5) is 18.7. The third-order valence-electron chi connectivity index (χ3n) is 5.08. The number of rotatable bonds is 6. The summed E-state index contributed by atoms with van der Waals surface area (Å²) in [5.74, 6) is 0.187. The first kappa shape index (κ1) is 17.4. The zero-order chi connectivity index (χ0) is 16.9. The number of likely N-dealkylation sites (tertiary alicyclic amines) is 1. The molecule has 0 saturated carbocycles. The average Bonchev–Trinajstić information content (AvgIpc) is 3.04. The number of para-hydroxylation sites is 1. The maximum atomic E-state index is 12.4. The summed E-state index contributed by atoms with van der Waals surface area (Å²) in [6, 6.07) is 9.00. The average molecular weight is 347 g/mol. The van der Waals surface area contributed by atoms with Crippen molar-refractivity contribution in [3.05, 3.63) is 29.3 Å². The Morgan fingerprint density at radius 3 is 2.88 bits per heavy atom. The molecule has 1 aliphatic heterocycles. The van der Waals surface area contributed by atoms with E-state index in [0.29, 0.717) is 18.6 Å². The predicted molar refractivity (Wildman–Crippen MR) is 99.4 cm³/mol. The fourth-order valence-electron chi connectivity index (χ4n) is 3.61. The summed E-state index contributed by atoms with van der Waals surface area (Å²) < 4.78 is 1.25. The third-order valence-corrected chi connectivity index (χ3v) is 6.23. The maximum Gasteiger partial charge on any atom is 0.275 e. The van der Waals surface area contributed by atoms with Crippen LogP contribution in [0.3, 0.4) is 0 Å². The zero-order valence-electron chi connectivity index (χ0n) is 14.7. The molecule has 1 amide bonds. The van der Waals surface area contributed by atoms with Gasteiger partial charge in [0, 0.05) is 12.5 Å². The molecule has 5 heteroatoms. The molecule has 1 unspecified atom stereocenters. The van der Waals surface area contributed by atoms with Crippen LogP contribution >= 0.6 is 11.3 Å². The standard InChI is InChI=1S/C19H27N3OS/c1-3-14(4-2)20-18(23)13-22-12-8-7-10-16(22)19-21-15-9-5-6-11-17(15)24-19/h5-6,9,11,14,16H,3-4,7-8,10,12-13H2,1-2H3,(H,20,23)/p+1/t16-/m1/s1. The van der Waals surface area contributed by atoms with E-state index in [0.717, 1.165) is 31.3 Å². The summed E-state index contributed by atoms with van der Waals surface area (Å²) in [5, 5.41) is 4.38. The minimum absolute atomic E-state index is 0.187. The van der Waals surface area contributed by atoms with E-state index in [1.54, 1.807) is 11.3 Å². The molecule has 1 aromatic carbocycles. The number of nitrogens with zero attached hydrogens (tertiary/aromatic N) is 1. The summed E-state index contributed by atoms with van der Waals surface area (Å²) >= 11 is 1.79. The number of carbonyl (C=O) groups is 1. The molecule has 2 aromatic rings. The van der Waals surface area contributed by atoms with Gasteiger partial charge < -0.3 is 10.2 Å². The molecule has 4 nitrogen and oxygen atoms in total. The van der Waals surface area contributed by atoms with Crippen LogP contribution in [-0.2, 0) is 4.79 Å². The lowest BCUT2D eigenvalue weighted by atomic mass is 10.0. The van der Waals surface area contributed by atoms with Gasteiger partial charge in [0.05, 0.1) is 16.8 Å². The third kappa shape index (κ3) is 3.95. The molecule has 0 bridgehead atoms. The van der Waals surface area contributed by atoms with Crippen LogP contribution in [0.1, 0.15) is 57.0 Å². The molecule has 0 spiro atoms. The number of benzene rings is 1. The normalized spacial score (nSPS) is 21.3. The minimum Gasteiger partial charge on any atom is -0.349 e. The van der Waals surface area contributed by atoms with Gasteiger partial charge in [-0.25, -0.2) is 4.98 Å². The smallest absolute Gasteiger partial charge is 0.275 e. The molecule has 130 valence electrons. The fraction of sp³-hybridized carbons (Fsp3) is 0.579. The minimum atomic E-state index is 0.187. The molecule has 1 aromatic heterocycles. The Kier molecular flexibility index (Phi) is 5.85. The highest BCUT2D eigenvalue weighted by molar-refractivity contribution is 7.18. The van der Waals surface area contributed by atoms with Crippen LogP contribution in [0.4, 0.5) is 0 Å². The molecule has 1 saturated heterocycles. The number of hydrogen-bond donors (Lipinski definition) is 2. The molecular weight excluding hydrogens is 318 g/mol. The van der Waals surface area contributed by atoms with Gasteiger partial charge in [-0.15, -0.1) is 11.3 Å². The lowest BCUT2D eigenvalue weighted by molar-refractivity contribution is -0.929. The van der Waals surface area contributed by atoms with Crippen molar-refractivity contribution in [1.29, 1.82) is 0 Å². The van der Waals surface area contributed by atoms with Crippen molar-refractivity contribution < 1.29 is 9.69 Å². The van der Waals surface area contributed by atoms with Crippen molar-refractivity contribution in [2.24, 2.45) is 0 Å². The van der Waals surface area contributed by atoms with Gasteiger partial charge in [-0.2, -0.15) is 0 Å². The Morgan fingerprint density at radius 1 is 1.33 bits per heavy atom. The van der Waals surface area contributed by atoms with E-state index in [-0.39, 0.29) is 5.91 Å². The van der Waals surface area contributed by atoms with Crippen LogP contribution in [-0.4, -0.2) is 30.0 Å². The Morgan fingerprint density at radius 2 is 2.12 bits per heavy atom. The Balaban J connectivity index is 1.72. The Hall–Kier alpha value is -1.46. The van der Waals surface area contributed by atoms with E-state index in [4.69, 9.17) is 4.98 Å². The van der Waals surface area contributed by atoms with Gasteiger partial charge in [0.2, 0.25) is 0 Å². The number of thiazole rings is 1. The number of carbonyl (C=O) groups excluding carboxylic acids is 1. The van der Waals surface area contributed by atoms with Gasteiger partial charge in [0.25, 0.3) is 5.91 Å². The van der Waals surface area contributed by atoms with Crippen LogP contribution < -0.4 is 10.2 Å². The van der Waals surface area contributed by atoms with E-state index in [1.807, 2.05) is 6.07 Å². The number of fused-ring (bicyclic) bond motifs is 1. The monoisotopic (exact) mass is 346 g/mol.